The van der Waals surface area contributed by atoms with Crippen molar-refractivity contribution in [1.82, 2.24) is 18.9 Å². The number of para-hydroxylation sites is 4. The van der Waals surface area contributed by atoms with Gasteiger partial charge in [0, 0.05) is 45.0 Å². The second-order valence-corrected chi connectivity index (χ2v) is 8.72. The van der Waals surface area contributed by atoms with Crippen LogP contribution >= 0.6 is 0 Å². The maximum Gasteiger partial charge on any atom is 0.146 e. The van der Waals surface area contributed by atoms with Crippen LogP contribution in [0, 0.1) is 0 Å². The summed E-state index contributed by atoms with van der Waals surface area (Å²) in [5.74, 6) is 0. The van der Waals surface area contributed by atoms with E-state index < -0.39 is 0 Å². The molecule has 4 heteroatoms. The molecule has 0 aliphatic rings. The molecule has 0 N–H and O–H groups in total. The van der Waals surface area contributed by atoms with Gasteiger partial charge in [-0.3, -0.25) is 9.38 Å². The van der Waals surface area contributed by atoms with E-state index >= 15 is 0 Å². The van der Waals surface area contributed by atoms with Crippen molar-refractivity contribution < 1.29 is 0 Å². The van der Waals surface area contributed by atoms with Crippen molar-refractivity contribution >= 4 is 60.2 Å². The molecule has 0 spiro atoms. The average Bonchev–Trinajstić information content (AvgIpc) is 3.46. The molecule has 0 bridgehead atoms. The standard InChI is InChI=1S/C30H18N4/c1-2-8-19(9-3-1)33-25-12-6-4-10-20(25)21-14-15-27-28(29(21)33)23-18-31-17-16-22(23)30-32-24-11-5-7-13-26(24)34(27)30/h1-18H. The Morgan fingerprint density at radius 1 is 0.559 bits per heavy atom. The van der Waals surface area contributed by atoms with Crippen molar-refractivity contribution in [1.29, 1.82) is 0 Å². The Morgan fingerprint density at radius 3 is 2.26 bits per heavy atom. The Hall–Kier alpha value is -4.70. The molecular weight excluding hydrogens is 416 g/mol. The number of hydrogen-bond acceptors (Lipinski definition) is 2. The highest BCUT2D eigenvalue weighted by atomic mass is 15.0. The van der Waals surface area contributed by atoms with Gasteiger partial charge < -0.3 is 4.57 Å². The third-order valence-corrected chi connectivity index (χ3v) is 6.96. The van der Waals surface area contributed by atoms with E-state index in [0.717, 1.165) is 38.7 Å². The van der Waals surface area contributed by atoms with Crippen LogP contribution in [0.1, 0.15) is 0 Å². The van der Waals surface area contributed by atoms with Gasteiger partial charge in [0.05, 0.1) is 27.6 Å². The summed E-state index contributed by atoms with van der Waals surface area (Å²) in [7, 11) is 0. The normalized spacial score (nSPS) is 12.1. The van der Waals surface area contributed by atoms with Gasteiger partial charge in [-0.1, -0.05) is 54.6 Å². The zero-order valence-electron chi connectivity index (χ0n) is 18.2. The van der Waals surface area contributed by atoms with E-state index in [2.05, 4.69) is 105 Å². The molecule has 34 heavy (non-hydrogen) atoms. The molecule has 4 aromatic heterocycles. The van der Waals surface area contributed by atoms with E-state index in [-0.39, 0.29) is 0 Å². The molecular formula is C30H18N4. The monoisotopic (exact) mass is 434 g/mol. The highest BCUT2D eigenvalue weighted by Crippen LogP contribution is 2.40. The number of hydrogen-bond donors (Lipinski definition) is 0. The molecule has 0 fully saturated rings. The first kappa shape index (κ1) is 17.8. The van der Waals surface area contributed by atoms with Crippen LogP contribution in [0.25, 0.3) is 65.8 Å². The van der Waals surface area contributed by atoms with Crippen molar-refractivity contribution in [2.24, 2.45) is 0 Å². The molecule has 0 aliphatic carbocycles. The molecule has 158 valence electrons. The summed E-state index contributed by atoms with van der Waals surface area (Å²) >= 11 is 0. The summed E-state index contributed by atoms with van der Waals surface area (Å²) in [4.78, 5) is 9.57. The highest BCUT2D eigenvalue weighted by molar-refractivity contribution is 6.26. The van der Waals surface area contributed by atoms with E-state index in [4.69, 9.17) is 4.98 Å². The van der Waals surface area contributed by atoms with Crippen molar-refractivity contribution in [2.75, 3.05) is 0 Å². The first-order chi connectivity index (χ1) is 16.9. The minimum Gasteiger partial charge on any atom is -0.309 e. The molecule has 8 rings (SSSR count). The number of nitrogens with zero attached hydrogens (tertiary/aromatic N) is 4. The van der Waals surface area contributed by atoms with Gasteiger partial charge in [0.15, 0.2) is 0 Å². The predicted octanol–water partition coefficient (Wildman–Crippen LogP) is 7.29. The van der Waals surface area contributed by atoms with Gasteiger partial charge in [0.2, 0.25) is 0 Å². The van der Waals surface area contributed by atoms with E-state index in [1.54, 1.807) is 0 Å². The Labute approximate surface area is 194 Å². The van der Waals surface area contributed by atoms with Crippen LogP contribution in [0.3, 0.4) is 0 Å². The topological polar surface area (TPSA) is 35.1 Å². The van der Waals surface area contributed by atoms with Crippen molar-refractivity contribution in [3.63, 3.8) is 0 Å². The molecule has 4 nitrogen and oxygen atoms in total. The molecule has 0 radical (unpaired) electrons. The Bertz CT molecular complexity index is 2060. The molecule has 0 atom stereocenters. The molecule has 0 saturated heterocycles. The van der Waals surface area contributed by atoms with Gasteiger partial charge in [-0.05, 0) is 42.5 Å². The maximum absolute atomic E-state index is 5.03. The van der Waals surface area contributed by atoms with Crippen molar-refractivity contribution in [3.05, 3.63) is 109 Å². The zero-order valence-corrected chi connectivity index (χ0v) is 18.2. The molecule has 0 unspecified atom stereocenters. The predicted molar refractivity (Wildman–Crippen MR) is 140 cm³/mol. The lowest BCUT2D eigenvalue weighted by molar-refractivity contribution is 1.18. The van der Waals surface area contributed by atoms with E-state index in [0.29, 0.717) is 0 Å². The average molecular weight is 435 g/mol. The van der Waals surface area contributed by atoms with Gasteiger partial charge in [-0.25, -0.2) is 4.98 Å². The second-order valence-electron chi connectivity index (χ2n) is 8.72. The maximum atomic E-state index is 5.03. The summed E-state index contributed by atoms with van der Waals surface area (Å²) in [6, 6.07) is 34.2. The molecule has 0 aliphatic heterocycles. The third-order valence-electron chi connectivity index (χ3n) is 6.96. The summed E-state index contributed by atoms with van der Waals surface area (Å²) in [6.45, 7) is 0. The summed E-state index contributed by atoms with van der Waals surface area (Å²) in [6.07, 6.45) is 3.85. The van der Waals surface area contributed by atoms with Gasteiger partial charge in [-0.15, -0.1) is 0 Å². The first-order valence-electron chi connectivity index (χ1n) is 11.4. The largest absolute Gasteiger partial charge is 0.309 e. The molecule has 8 aromatic rings. The lowest BCUT2D eigenvalue weighted by Crippen LogP contribution is -1.97. The summed E-state index contributed by atoms with van der Waals surface area (Å²) in [5, 5.41) is 5.90. The van der Waals surface area contributed by atoms with Gasteiger partial charge >= 0.3 is 0 Å². The highest BCUT2D eigenvalue weighted by Gasteiger charge is 2.20. The number of benzene rings is 4. The minimum atomic E-state index is 0.966. The fourth-order valence-electron chi connectivity index (χ4n) is 5.58. The SMILES string of the molecule is c1ccc(-n2c3ccccc3c3ccc4c(c5cnccc5c5nc6ccccc6n45)c32)cc1. The third kappa shape index (κ3) is 2.17. The van der Waals surface area contributed by atoms with Gasteiger partial charge in [0.25, 0.3) is 0 Å². The summed E-state index contributed by atoms with van der Waals surface area (Å²) in [5.41, 5.74) is 7.75. The number of aromatic nitrogens is 4. The fourth-order valence-corrected chi connectivity index (χ4v) is 5.58. The smallest absolute Gasteiger partial charge is 0.146 e. The molecule has 0 saturated carbocycles. The second kappa shape index (κ2) is 6.42. The Kier molecular flexibility index (Phi) is 3.36. The Morgan fingerprint density at radius 2 is 1.35 bits per heavy atom. The zero-order chi connectivity index (χ0) is 22.2. The van der Waals surface area contributed by atoms with Gasteiger partial charge in [-0.2, -0.15) is 0 Å². The molecule has 4 aromatic carbocycles. The Balaban J connectivity index is 1.75. The van der Waals surface area contributed by atoms with Crippen molar-refractivity contribution in [3.8, 4) is 5.69 Å². The van der Waals surface area contributed by atoms with Crippen LogP contribution in [0.15, 0.2) is 109 Å². The quantitative estimate of drug-likeness (QED) is 0.254. The number of imidazole rings is 1. The number of pyridine rings is 2. The van der Waals surface area contributed by atoms with Crippen LogP contribution in [0.4, 0.5) is 0 Å². The van der Waals surface area contributed by atoms with E-state index in [9.17, 15) is 0 Å². The molecule has 0 amide bonds. The lowest BCUT2D eigenvalue weighted by atomic mass is 10.0. The van der Waals surface area contributed by atoms with Gasteiger partial charge in [0.1, 0.15) is 5.65 Å². The van der Waals surface area contributed by atoms with Crippen LogP contribution in [-0.4, -0.2) is 18.9 Å². The van der Waals surface area contributed by atoms with Crippen LogP contribution in [0.2, 0.25) is 0 Å². The lowest BCUT2D eigenvalue weighted by Gasteiger charge is -2.13. The van der Waals surface area contributed by atoms with E-state index in [1.165, 1.54) is 27.2 Å². The van der Waals surface area contributed by atoms with Crippen LogP contribution in [-0.2, 0) is 0 Å². The van der Waals surface area contributed by atoms with E-state index in [1.807, 2.05) is 18.5 Å². The number of fused-ring (bicyclic) bond motifs is 12. The van der Waals surface area contributed by atoms with Crippen LogP contribution < -0.4 is 0 Å². The first-order valence-corrected chi connectivity index (χ1v) is 11.4. The fraction of sp³-hybridized carbons (Fsp3) is 0. The minimum absolute atomic E-state index is 0.966. The van der Waals surface area contributed by atoms with Crippen molar-refractivity contribution in [2.45, 2.75) is 0 Å². The summed E-state index contributed by atoms with van der Waals surface area (Å²) < 4.78 is 4.70. The molecule has 4 heterocycles. The van der Waals surface area contributed by atoms with Crippen LogP contribution in [0.5, 0.6) is 0 Å². The number of rotatable bonds is 1.